The first-order valence-corrected chi connectivity index (χ1v) is 6.03. The molecule has 0 heterocycles. The first-order chi connectivity index (χ1) is 8.69. The Balaban J connectivity index is 2.17. The molecule has 0 aliphatic heterocycles. The van der Waals surface area contributed by atoms with E-state index in [-0.39, 0.29) is 11.9 Å². The highest BCUT2D eigenvalue weighted by Crippen LogP contribution is 2.21. The zero-order valence-electron chi connectivity index (χ0n) is 9.74. The van der Waals surface area contributed by atoms with E-state index in [9.17, 15) is 4.39 Å². The average Bonchev–Trinajstić information content (AvgIpc) is 2.38. The van der Waals surface area contributed by atoms with Crippen LogP contribution < -0.4 is 11.3 Å². The summed E-state index contributed by atoms with van der Waals surface area (Å²) < 4.78 is 12.8. The topological polar surface area (TPSA) is 38.0 Å². The molecule has 0 radical (unpaired) electrons. The highest BCUT2D eigenvalue weighted by atomic mass is 35.5. The Labute approximate surface area is 111 Å². The predicted molar refractivity (Wildman–Crippen MR) is 71.6 cm³/mol. The first kappa shape index (κ1) is 13.0. The van der Waals surface area contributed by atoms with E-state index in [0.717, 1.165) is 11.1 Å². The SMILES string of the molecule is NNC(Cc1ccc(F)cc1)c1cccc(Cl)c1. The van der Waals surface area contributed by atoms with Gasteiger partial charge in [-0.3, -0.25) is 11.3 Å². The first-order valence-electron chi connectivity index (χ1n) is 5.65. The number of hydrogen-bond acceptors (Lipinski definition) is 2. The summed E-state index contributed by atoms with van der Waals surface area (Å²) in [5, 5.41) is 0.673. The van der Waals surface area contributed by atoms with Crippen molar-refractivity contribution >= 4 is 11.6 Å². The van der Waals surface area contributed by atoms with Gasteiger partial charge >= 0.3 is 0 Å². The molecule has 2 nitrogen and oxygen atoms in total. The van der Waals surface area contributed by atoms with Gasteiger partial charge in [0.1, 0.15) is 5.82 Å². The van der Waals surface area contributed by atoms with Gasteiger partial charge in [0.2, 0.25) is 0 Å². The molecule has 4 heteroatoms. The maximum atomic E-state index is 12.8. The minimum atomic E-state index is -0.237. The fourth-order valence-electron chi connectivity index (χ4n) is 1.85. The Morgan fingerprint density at radius 2 is 1.89 bits per heavy atom. The largest absolute Gasteiger partial charge is 0.271 e. The smallest absolute Gasteiger partial charge is 0.123 e. The van der Waals surface area contributed by atoms with Crippen LogP contribution in [0.1, 0.15) is 17.2 Å². The second-order valence-corrected chi connectivity index (χ2v) is 4.54. The van der Waals surface area contributed by atoms with E-state index < -0.39 is 0 Å². The lowest BCUT2D eigenvalue weighted by Gasteiger charge is -2.16. The molecule has 18 heavy (non-hydrogen) atoms. The van der Waals surface area contributed by atoms with Crippen LogP contribution >= 0.6 is 11.6 Å². The van der Waals surface area contributed by atoms with Crippen molar-refractivity contribution in [1.82, 2.24) is 5.43 Å². The van der Waals surface area contributed by atoms with Crippen molar-refractivity contribution in [2.24, 2.45) is 5.84 Å². The lowest BCUT2D eigenvalue weighted by atomic mass is 9.99. The Bertz CT molecular complexity index is 513. The minimum Gasteiger partial charge on any atom is -0.271 e. The van der Waals surface area contributed by atoms with E-state index in [4.69, 9.17) is 17.4 Å². The summed E-state index contributed by atoms with van der Waals surface area (Å²) in [6.07, 6.45) is 0.678. The third kappa shape index (κ3) is 3.29. The van der Waals surface area contributed by atoms with Gasteiger partial charge in [-0.05, 0) is 41.8 Å². The van der Waals surface area contributed by atoms with Crippen LogP contribution in [0.2, 0.25) is 5.02 Å². The molecule has 0 aromatic heterocycles. The van der Waals surface area contributed by atoms with E-state index in [1.54, 1.807) is 12.1 Å². The number of rotatable bonds is 4. The molecule has 2 aromatic carbocycles. The molecule has 0 saturated carbocycles. The summed E-state index contributed by atoms with van der Waals surface area (Å²) in [6, 6.07) is 13.9. The molecule has 0 fully saturated rings. The highest BCUT2D eigenvalue weighted by Gasteiger charge is 2.10. The van der Waals surface area contributed by atoms with Crippen molar-refractivity contribution in [3.8, 4) is 0 Å². The normalized spacial score (nSPS) is 12.4. The zero-order valence-corrected chi connectivity index (χ0v) is 10.5. The van der Waals surface area contributed by atoms with Crippen LogP contribution in [0.4, 0.5) is 4.39 Å². The molecule has 2 aromatic rings. The second kappa shape index (κ2) is 5.96. The Morgan fingerprint density at radius 3 is 2.50 bits per heavy atom. The number of benzene rings is 2. The van der Waals surface area contributed by atoms with E-state index in [2.05, 4.69) is 5.43 Å². The predicted octanol–water partition coefficient (Wildman–Crippen LogP) is 3.23. The molecule has 0 saturated heterocycles. The zero-order chi connectivity index (χ0) is 13.0. The van der Waals surface area contributed by atoms with Gasteiger partial charge < -0.3 is 0 Å². The number of hydrazine groups is 1. The molecule has 0 amide bonds. The Kier molecular flexibility index (Phi) is 4.31. The average molecular weight is 265 g/mol. The third-order valence-corrected chi connectivity index (χ3v) is 3.04. The Morgan fingerprint density at radius 1 is 1.17 bits per heavy atom. The molecular weight excluding hydrogens is 251 g/mol. The molecule has 2 rings (SSSR count). The molecule has 0 aliphatic carbocycles. The number of hydrogen-bond donors (Lipinski definition) is 2. The molecule has 0 aliphatic rings. The summed E-state index contributed by atoms with van der Waals surface area (Å²) in [4.78, 5) is 0. The van der Waals surface area contributed by atoms with Crippen LogP contribution in [0.3, 0.4) is 0 Å². The van der Waals surface area contributed by atoms with Crippen LogP contribution in [0.15, 0.2) is 48.5 Å². The lowest BCUT2D eigenvalue weighted by Crippen LogP contribution is -2.29. The van der Waals surface area contributed by atoms with Gasteiger partial charge in [-0.15, -0.1) is 0 Å². The summed E-state index contributed by atoms with van der Waals surface area (Å²) in [6.45, 7) is 0. The van der Waals surface area contributed by atoms with Crippen molar-refractivity contribution in [1.29, 1.82) is 0 Å². The van der Waals surface area contributed by atoms with Gasteiger partial charge in [-0.25, -0.2) is 4.39 Å². The van der Waals surface area contributed by atoms with Crippen molar-refractivity contribution < 1.29 is 4.39 Å². The van der Waals surface area contributed by atoms with Crippen molar-refractivity contribution in [2.45, 2.75) is 12.5 Å². The summed E-state index contributed by atoms with van der Waals surface area (Å²) >= 11 is 5.95. The molecule has 0 bridgehead atoms. The lowest BCUT2D eigenvalue weighted by molar-refractivity contribution is 0.551. The fourth-order valence-corrected chi connectivity index (χ4v) is 2.05. The van der Waals surface area contributed by atoms with Gasteiger partial charge in [0.15, 0.2) is 0 Å². The van der Waals surface area contributed by atoms with Crippen LogP contribution in [0, 0.1) is 5.82 Å². The standard InChI is InChI=1S/C14H14ClFN2/c15-12-3-1-2-11(9-12)14(18-17)8-10-4-6-13(16)7-5-10/h1-7,9,14,18H,8,17H2. The van der Waals surface area contributed by atoms with E-state index in [0.29, 0.717) is 11.4 Å². The number of nitrogens with one attached hydrogen (secondary N) is 1. The maximum absolute atomic E-state index is 12.8. The van der Waals surface area contributed by atoms with Gasteiger partial charge in [0.05, 0.1) is 6.04 Å². The van der Waals surface area contributed by atoms with Crippen LogP contribution in [0.25, 0.3) is 0 Å². The van der Waals surface area contributed by atoms with E-state index in [1.807, 2.05) is 24.3 Å². The summed E-state index contributed by atoms with van der Waals surface area (Å²) in [7, 11) is 0. The van der Waals surface area contributed by atoms with E-state index >= 15 is 0 Å². The van der Waals surface area contributed by atoms with Gasteiger partial charge in [0.25, 0.3) is 0 Å². The monoisotopic (exact) mass is 264 g/mol. The maximum Gasteiger partial charge on any atom is 0.123 e. The van der Waals surface area contributed by atoms with Gasteiger partial charge in [-0.2, -0.15) is 0 Å². The quantitative estimate of drug-likeness (QED) is 0.657. The fraction of sp³-hybridized carbons (Fsp3) is 0.143. The van der Waals surface area contributed by atoms with Crippen LogP contribution in [-0.2, 0) is 6.42 Å². The second-order valence-electron chi connectivity index (χ2n) is 4.10. The number of nitrogens with two attached hydrogens (primary N) is 1. The summed E-state index contributed by atoms with van der Waals surface area (Å²) in [5.74, 6) is 5.33. The van der Waals surface area contributed by atoms with Crippen molar-refractivity contribution in [2.75, 3.05) is 0 Å². The van der Waals surface area contributed by atoms with Gasteiger partial charge in [-0.1, -0.05) is 35.9 Å². The third-order valence-electron chi connectivity index (χ3n) is 2.81. The Hall–Kier alpha value is -1.42. The molecule has 3 N–H and O–H groups in total. The number of halogens is 2. The molecule has 94 valence electrons. The molecule has 1 unspecified atom stereocenters. The van der Waals surface area contributed by atoms with Crippen LogP contribution in [-0.4, -0.2) is 0 Å². The molecule has 0 spiro atoms. The van der Waals surface area contributed by atoms with Crippen molar-refractivity contribution in [3.63, 3.8) is 0 Å². The highest BCUT2D eigenvalue weighted by molar-refractivity contribution is 6.30. The van der Waals surface area contributed by atoms with Crippen LogP contribution in [0.5, 0.6) is 0 Å². The minimum absolute atomic E-state index is 0.0471. The van der Waals surface area contributed by atoms with Crippen molar-refractivity contribution in [3.05, 3.63) is 70.5 Å². The van der Waals surface area contributed by atoms with Gasteiger partial charge in [0, 0.05) is 5.02 Å². The summed E-state index contributed by atoms with van der Waals surface area (Å²) in [5.41, 5.74) is 4.78. The molecular formula is C14H14ClFN2. The molecule has 1 atom stereocenters. The van der Waals surface area contributed by atoms with E-state index in [1.165, 1.54) is 12.1 Å².